The van der Waals surface area contributed by atoms with Crippen molar-refractivity contribution in [3.63, 3.8) is 0 Å². The van der Waals surface area contributed by atoms with E-state index in [9.17, 15) is 13.2 Å². The van der Waals surface area contributed by atoms with Crippen LogP contribution < -0.4 is 5.32 Å². The Hall–Kier alpha value is -1.44. The van der Waals surface area contributed by atoms with E-state index in [2.05, 4.69) is 22.3 Å². The predicted molar refractivity (Wildman–Crippen MR) is 114 cm³/mol. The van der Waals surface area contributed by atoms with Gasteiger partial charge in [0.05, 0.1) is 23.5 Å². The highest BCUT2D eigenvalue weighted by Gasteiger charge is 2.50. The molecule has 1 aromatic rings. The number of benzene rings is 1. The first-order valence-electron chi connectivity index (χ1n) is 10.9. The van der Waals surface area contributed by atoms with Crippen LogP contribution in [0.1, 0.15) is 37.3 Å². The molecular weight excluding hydrogens is 386 g/mol. The van der Waals surface area contributed by atoms with Gasteiger partial charge in [0, 0.05) is 26.7 Å². The lowest BCUT2D eigenvalue weighted by Gasteiger charge is -2.40. The van der Waals surface area contributed by atoms with E-state index < -0.39 is 9.84 Å². The van der Waals surface area contributed by atoms with Gasteiger partial charge in [-0.3, -0.25) is 4.79 Å². The Morgan fingerprint density at radius 3 is 2.52 bits per heavy atom. The summed E-state index contributed by atoms with van der Waals surface area (Å²) in [4.78, 5) is 18.1. The molecule has 29 heavy (non-hydrogen) atoms. The zero-order valence-corrected chi connectivity index (χ0v) is 18.2. The molecule has 0 aliphatic carbocycles. The van der Waals surface area contributed by atoms with Crippen molar-refractivity contribution in [1.82, 2.24) is 15.1 Å². The molecule has 1 N–H and O–H groups in total. The molecule has 1 amide bonds. The Kier molecular flexibility index (Phi) is 6.00. The van der Waals surface area contributed by atoms with Gasteiger partial charge in [-0.1, -0.05) is 30.3 Å². The maximum Gasteiger partial charge on any atom is 0.227 e. The summed E-state index contributed by atoms with van der Waals surface area (Å²) in [6.07, 6.45) is 3.63. The Balaban J connectivity index is 1.55. The molecule has 3 aliphatic rings. The van der Waals surface area contributed by atoms with Crippen LogP contribution in [-0.4, -0.2) is 75.4 Å². The monoisotopic (exact) mass is 419 g/mol. The summed E-state index contributed by atoms with van der Waals surface area (Å²) < 4.78 is 23.9. The number of rotatable bonds is 5. The highest BCUT2D eigenvalue weighted by molar-refractivity contribution is 7.91. The second kappa shape index (κ2) is 8.36. The van der Waals surface area contributed by atoms with Gasteiger partial charge in [-0.05, 0) is 49.8 Å². The molecule has 0 bridgehead atoms. The fourth-order valence-electron chi connectivity index (χ4n) is 5.36. The minimum atomic E-state index is -2.95. The van der Waals surface area contributed by atoms with E-state index in [-0.39, 0.29) is 34.8 Å². The number of carbonyl (C=O) groups is 1. The Morgan fingerprint density at radius 2 is 1.86 bits per heavy atom. The number of likely N-dealkylation sites (N-methyl/N-ethyl adjacent to an activating group) is 1. The van der Waals surface area contributed by atoms with Crippen molar-refractivity contribution in [3.8, 4) is 0 Å². The number of sulfone groups is 1. The third-order valence-corrected chi connectivity index (χ3v) is 8.97. The van der Waals surface area contributed by atoms with Crippen LogP contribution in [0.3, 0.4) is 0 Å². The second-order valence-corrected chi connectivity index (χ2v) is 11.4. The third-order valence-electron chi connectivity index (χ3n) is 7.31. The fraction of sp³-hybridized carbons (Fsp3) is 0.682. The first-order chi connectivity index (χ1) is 13.9. The van der Waals surface area contributed by atoms with E-state index in [1.807, 2.05) is 30.1 Å². The molecule has 3 saturated heterocycles. The van der Waals surface area contributed by atoms with E-state index in [0.717, 1.165) is 26.2 Å². The van der Waals surface area contributed by atoms with Gasteiger partial charge in [-0.2, -0.15) is 0 Å². The van der Waals surface area contributed by atoms with E-state index in [4.69, 9.17) is 0 Å². The van der Waals surface area contributed by atoms with Crippen LogP contribution in [0.25, 0.3) is 0 Å². The van der Waals surface area contributed by atoms with E-state index in [1.165, 1.54) is 18.4 Å². The molecule has 1 unspecified atom stereocenters. The average molecular weight is 420 g/mol. The largest absolute Gasteiger partial charge is 0.337 e. The molecule has 3 aliphatic heterocycles. The molecule has 1 spiro atoms. The van der Waals surface area contributed by atoms with Crippen molar-refractivity contribution in [2.45, 2.75) is 31.7 Å². The third kappa shape index (κ3) is 4.37. The van der Waals surface area contributed by atoms with Crippen molar-refractivity contribution in [1.29, 1.82) is 0 Å². The van der Waals surface area contributed by atoms with Crippen LogP contribution in [0.4, 0.5) is 0 Å². The number of likely N-dealkylation sites (tertiary alicyclic amines) is 1. The molecule has 7 heteroatoms. The highest BCUT2D eigenvalue weighted by atomic mass is 32.2. The maximum absolute atomic E-state index is 13.7. The molecule has 2 atom stereocenters. The minimum Gasteiger partial charge on any atom is -0.337 e. The quantitative estimate of drug-likeness (QED) is 0.787. The van der Waals surface area contributed by atoms with Crippen LogP contribution >= 0.6 is 0 Å². The zero-order valence-electron chi connectivity index (χ0n) is 17.3. The molecular formula is C22H33N3O3S. The average Bonchev–Trinajstić information content (AvgIpc) is 3.38. The lowest BCUT2D eigenvalue weighted by atomic mass is 9.72. The van der Waals surface area contributed by atoms with Gasteiger partial charge >= 0.3 is 0 Å². The van der Waals surface area contributed by atoms with Crippen molar-refractivity contribution >= 4 is 15.7 Å². The van der Waals surface area contributed by atoms with Gasteiger partial charge < -0.3 is 15.1 Å². The molecule has 1 aromatic carbocycles. The molecule has 3 fully saturated rings. The summed E-state index contributed by atoms with van der Waals surface area (Å²) in [6, 6.07) is 10.3. The molecule has 0 saturated carbocycles. The normalized spacial score (nSPS) is 27.1. The summed E-state index contributed by atoms with van der Waals surface area (Å²) >= 11 is 0. The maximum atomic E-state index is 13.7. The van der Waals surface area contributed by atoms with Gasteiger partial charge in [0.2, 0.25) is 5.91 Å². The number of hydrogen-bond donors (Lipinski definition) is 1. The molecule has 0 aromatic heterocycles. The summed E-state index contributed by atoms with van der Waals surface area (Å²) in [5.74, 6) is 0.422. The molecule has 6 nitrogen and oxygen atoms in total. The van der Waals surface area contributed by atoms with Crippen LogP contribution in [-0.2, 0) is 14.6 Å². The number of nitrogens with one attached hydrogen (secondary N) is 1. The van der Waals surface area contributed by atoms with Gasteiger partial charge in [0.25, 0.3) is 0 Å². The van der Waals surface area contributed by atoms with Crippen molar-refractivity contribution < 1.29 is 13.2 Å². The predicted octanol–water partition coefficient (Wildman–Crippen LogP) is 1.70. The van der Waals surface area contributed by atoms with Crippen molar-refractivity contribution in [3.05, 3.63) is 35.9 Å². The van der Waals surface area contributed by atoms with Crippen molar-refractivity contribution in [2.75, 3.05) is 51.3 Å². The zero-order chi connectivity index (χ0) is 20.5. The lowest BCUT2D eigenvalue weighted by molar-refractivity contribution is -0.140. The van der Waals surface area contributed by atoms with Gasteiger partial charge in [-0.15, -0.1) is 0 Å². The summed E-state index contributed by atoms with van der Waals surface area (Å²) in [7, 11) is -1.02. The SMILES string of the molecule is CN(C(=O)C1CNCC12CCS(=O)(=O)CC2)[C@H](CN1CCCC1)c1ccccc1. The Labute approximate surface area is 174 Å². The van der Waals surface area contributed by atoms with Gasteiger partial charge in [0.1, 0.15) is 9.84 Å². The Bertz CT molecular complexity index is 807. The number of amides is 1. The van der Waals surface area contributed by atoms with E-state index in [1.54, 1.807) is 0 Å². The van der Waals surface area contributed by atoms with Gasteiger partial charge in [-0.25, -0.2) is 8.42 Å². The number of hydrogen-bond acceptors (Lipinski definition) is 5. The Morgan fingerprint density at radius 1 is 1.21 bits per heavy atom. The smallest absolute Gasteiger partial charge is 0.227 e. The first kappa shape index (κ1) is 20.8. The molecule has 3 heterocycles. The topological polar surface area (TPSA) is 69.7 Å². The minimum absolute atomic E-state index is 0.0202. The van der Waals surface area contributed by atoms with Crippen LogP contribution in [0, 0.1) is 11.3 Å². The number of nitrogens with zero attached hydrogens (tertiary/aromatic N) is 2. The summed E-state index contributed by atoms with van der Waals surface area (Å²) in [5.41, 5.74) is 0.951. The standard InChI is InChI=1S/C22H33N3O3S/c1-24(20(16-25-11-5-6-12-25)18-7-3-2-4-8-18)21(26)19-15-23-17-22(19)9-13-29(27,28)14-10-22/h2-4,7-8,19-20,23H,5-6,9-17H2,1H3/t19?,20-/m1/s1. The van der Waals surface area contributed by atoms with Crippen LogP contribution in [0.5, 0.6) is 0 Å². The molecule has 4 rings (SSSR count). The van der Waals surface area contributed by atoms with Gasteiger partial charge in [0.15, 0.2) is 0 Å². The van der Waals surface area contributed by atoms with Crippen LogP contribution in [0.15, 0.2) is 30.3 Å². The van der Waals surface area contributed by atoms with E-state index >= 15 is 0 Å². The van der Waals surface area contributed by atoms with Crippen LogP contribution in [0.2, 0.25) is 0 Å². The summed E-state index contributed by atoms with van der Waals surface area (Å²) in [6.45, 7) is 4.44. The fourth-order valence-corrected chi connectivity index (χ4v) is 7.00. The molecule has 0 radical (unpaired) electrons. The lowest BCUT2D eigenvalue weighted by Crippen LogP contribution is -2.48. The highest BCUT2D eigenvalue weighted by Crippen LogP contribution is 2.43. The second-order valence-electron chi connectivity index (χ2n) is 9.08. The number of carbonyl (C=O) groups excluding carboxylic acids is 1. The first-order valence-corrected chi connectivity index (χ1v) is 12.7. The van der Waals surface area contributed by atoms with Crippen molar-refractivity contribution in [2.24, 2.45) is 11.3 Å². The summed E-state index contributed by atoms with van der Waals surface area (Å²) in [5, 5.41) is 3.40. The van der Waals surface area contributed by atoms with E-state index in [0.29, 0.717) is 19.4 Å². The molecule has 160 valence electrons.